The maximum atomic E-state index is 5.77. The summed E-state index contributed by atoms with van der Waals surface area (Å²) in [5.74, 6) is 4.35. The first-order valence-corrected chi connectivity index (χ1v) is 11.2. The van der Waals surface area contributed by atoms with E-state index in [-0.39, 0.29) is 0 Å². The van der Waals surface area contributed by atoms with Crippen molar-refractivity contribution in [1.29, 1.82) is 0 Å². The molecule has 0 bridgehead atoms. The van der Waals surface area contributed by atoms with Crippen molar-refractivity contribution in [1.82, 2.24) is 0 Å². The van der Waals surface area contributed by atoms with Gasteiger partial charge in [-0.25, -0.2) is 0 Å². The van der Waals surface area contributed by atoms with Crippen LogP contribution in [-0.4, -0.2) is 8.07 Å². The maximum absolute atomic E-state index is 5.77. The molecule has 0 spiro atoms. The largest absolute Gasteiger partial charge is 0.463 e. The fraction of sp³-hybridized carbons (Fsp3) is 0.455. The van der Waals surface area contributed by atoms with Crippen LogP contribution < -0.4 is 0 Å². The summed E-state index contributed by atoms with van der Waals surface area (Å²) < 4.78 is 5.77. The molecule has 0 saturated heterocycles. The molecule has 1 aromatic heterocycles. The Morgan fingerprint density at radius 1 is 0.917 bits per heavy atom. The molecule has 0 atom stereocenters. The summed E-state index contributed by atoms with van der Waals surface area (Å²) in [4.78, 5) is 0. The van der Waals surface area contributed by atoms with Gasteiger partial charge in [0.2, 0.25) is 0 Å². The monoisotopic (exact) mass is 338 g/mol. The Kier molecular flexibility index (Phi) is 5.77. The molecule has 0 N–H and O–H groups in total. The lowest BCUT2D eigenvalue weighted by molar-refractivity contribution is 0.581. The summed E-state index contributed by atoms with van der Waals surface area (Å²) in [6.45, 7) is 16.1. The lowest BCUT2D eigenvalue weighted by Crippen LogP contribution is -2.43. The Labute approximate surface area is 148 Å². The highest BCUT2D eigenvalue weighted by atomic mass is 28.3. The molecule has 0 aliphatic rings. The molecule has 0 aliphatic carbocycles. The van der Waals surface area contributed by atoms with E-state index in [1.54, 1.807) is 6.26 Å². The summed E-state index contributed by atoms with van der Waals surface area (Å²) in [5, 5.41) is 0. The predicted octanol–water partition coefficient (Wildman–Crippen LogP) is 6.82. The third-order valence-electron chi connectivity index (χ3n) is 5.19. The molecule has 1 nitrogen and oxygen atoms in total. The van der Waals surface area contributed by atoms with Crippen molar-refractivity contribution in [3.05, 3.63) is 47.7 Å². The lowest BCUT2D eigenvalue weighted by Gasteiger charge is -2.38. The van der Waals surface area contributed by atoms with Crippen LogP contribution in [0.25, 0.3) is 11.3 Å². The van der Waals surface area contributed by atoms with Gasteiger partial charge >= 0.3 is 0 Å². The normalized spacial score (nSPS) is 11.9. The minimum atomic E-state index is -1.69. The highest BCUT2D eigenvalue weighted by Crippen LogP contribution is 2.40. The van der Waals surface area contributed by atoms with E-state index in [1.165, 1.54) is 5.56 Å². The minimum absolute atomic E-state index is 0.646. The smallest absolute Gasteiger partial charge is 0.146 e. The molecule has 2 heteroatoms. The van der Waals surface area contributed by atoms with E-state index in [1.807, 2.05) is 0 Å². The standard InChI is InChI=1S/C22H30OSi/c1-16(2)24(17(3)4,18(5)6)12-11-20-14-22(23-15-20)21-10-8-9-19(7)13-21/h8-10,13-18H,1-7H3. The highest BCUT2D eigenvalue weighted by Gasteiger charge is 2.41. The maximum Gasteiger partial charge on any atom is 0.146 e. The first-order valence-electron chi connectivity index (χ1n) is 8.96. The second-order valence-electron chi connectivity index (χ2n) is 7.72. The van der Waals surface area contributed by atoms with Gasteiger partial charge in [0.25, 0.3) is 0 Å². The summed E-state index contributed by atoms with van der Waals surface area (Å²) >= 11 is 0. The average Bonchev–Trinajstić information content (AvgIpc) is 2.95. The van der Waals surface area contributed by atoms with Crippen molar-refractivity contribution in [3.8, 4) is 22.8 Å². The molecule has 1 aromatic carbocycles. The molecule has 1 heterocycles. The zero-order chi connectivity index (χ0) is 17.9. The minimum Gasteiger partial charge on any atom is -0.463 e. The van der Waals surface area contributed by atoms with Crippen molar-refractivity contribution in [2.75, 3.05) is 0 Å². The van der Waals surface area contributed by atoms with Crippen LogP contribution in [-0.2, 0) is 0 Å². The molecule has 128 valence electrons. The van der Waals surface area contributed by atoms with Crippen molar-refractivity contribution in [2.45, 2.75) is 65.1 Å². The number of furan rings is 1. The van der Waals surface area contributed by atoms with Crippen LogP contribution in [0, 0.1) is 18.4 Å². The van der Waals surface area contributed by atoms with Crippen molar-refractivity contribution in [3.63, 3.8) is 0 Å². The van der Waals surface area contributed by atoms with E-state index in [9.17, 15) is 0 Å². The fourth-order valence-electron chi connectivity index (χ4n) is 3.96. The van der Waals surface area contributed by atoms with E-state index < -0.39 is 8.07 Å². The van der Waals surface area contributed by atoms with Crippen LogP contribution in [0.4, 0.5) is 0 Å². The van der Waals surface area contributed by atoms with Gasteiger partial charge in [0, 0.05) is 11.6 Å². The number of benzene rings is 1. The molecule has 0 saturated carbocycles. The van der Waals surface area contributed by atoms with Crippen LogP contribution in [0.1, 0.15) is 52.7 Å². The van der Waals surface area contributed by atoms with Gasteiger partial charge in [0.05, 0.1) is 5.56 Å². The fourth-order valence-corrected chi connectivity index (χ4v) is 9.19. The second kappa shape index (κ2) is 7.45. The topological polar surface area (TPSA) is 13.1 Å². The van der Waals surface area contributed by atoms with Crippen molar-refractivity contribution in [2.24, 2.45) is 0 Å². The predicted molar refractivity (Wildman–Crippen MR) is 107 cm³/mol. The molecular weight excluding hydrogens is 308 g/mol. The molecule has 0 fully saturated rings. The first kappa shape index (κ1) is 18.6. The molecule has 24 heavy (non-hydrogen) atoms. The van der Waals surface area contributed by atoms with Gasteiger partial charge in [-0.05, 0) is 29.6 Å². The Morgan fingerprint density at radius 3 is 2.08 bits per heavy atom. The van der Waals surface area contributed by atoms with Gasteiger partial charge in [0.1, 0.15) is 20.1 Å². The van der Waals surface area contributed by atoms with Crippen LogP contribution in [0.5, 0.6) is 0 Å². The van der Waals surface area contributed by atoms with Gasteiger partial charge in [-0.2, -0.15) is 0 Å². The summed E-state index contributed by atoms with van der Waals surface area (Å²) in [6, 6.07) is 10.5. The van der Waals surface area contributed by atoms with E-state index in [0.29, 0.717) is 16.6 Å². The molecule has 0 radical (unpaired) electrons. The van der Waals surface area contributed by atoms with Crippen LogP contribution in [0.15, 0.2) is 41.0 Å². The molecule has 2 aromatic rings. The zero-order valence-corrected chi connectivity index (χ0v) is 17.1. The SMILES string of the molecule is Cc1cccc(-c2cc(C#C[Si](C(C)C)(C(C)C)C(C)C)co2)c1. The number of rotatable bonds is 4. The van der Waals surface area contributed by atoms with Crippen molar-refractivity contribution < 1.29 is 4.42 Å². The summed E-state index contributed by atoms with van der Waals surface area (Å²) in [6.07, 6.45) is 1.80. The van der Waals surface area contributed by atoms with E-state index in [2.05, 4.69) is 90.3 Å². The van der Waals surface area contributed by atoms with Gasteiger partial charge in [-0.3, -0.25) is 0 Å². The van der Waals surface area contributed by atoms with Crippen LogP contribution in [0.2, 0.25) is 16.6 Å². The first-order chi connectivity index (χ1) is 11.3. The Bertz CT molecular complexity index is 719. The Morgan fingerprint density at radius 2 is 1.54 bits per heavy atom. The lowest BCUT2D eigenvalue weighted by atomic mass is 10.1. The zero-order valence-electron chi connectivity index (χ0n) is 16.1. The molecule has 0 unspecified atom stereocenters. The van der Waals surface area contributed by atoms with E-state index >= 15 is 0 Å². The second-order valence-corrected chi connectivity index (χ2v) is 13.3. The number of aryl methyl sites for hydroxylation is 1. The van der Waals surface area contributed by atoms with E-state index in [4.69, 9.17) is 4.42 Å². The average molecular weight is 339 g/mol. The van der Waals surface area contributed by atoms with Crippen molar-refractivity contribution >= 4 is 8.07 Å². The number of hydrogen-bond donors (Lipinski definition) is 0. The molecule has 2 rings (SSSR count). The third-order valence-corrected chi connectivity index (χ3v) is 11.5. The molecule has 0 aliphatic heterocycles. The van der Waals surface area contributed by atoms with Gasteiger partial charge in [-0.15, -0.1) is 5.54 Å². The number of hydrogen-bond acceptors (Lipinski definition) is 1. The van der Waals surface area contributed by atoms with Gasteiger partial charge < -0.3 is 4.42 Å². The van der Waals surface area contributed by atoms with Crippen LogP contribution in [0.3, 0.4) is 0 Å². The Balaban J connectivity index is 2.37. The van der Waals surface area contributed by atoms with Crippen LogP contribution >= 0.6 is 0 Å². The van der Waals surface area contributed by atoms with E-state index in [0.717, 1.165) is 16.9 Å². The quantitative estimate of drug-likeness (QED) is 0.440. The highest BCUT2D eigenvalue weighted by molar-refractivity contribution is 6.90. The third kappa shape index (κ3) is 3.68. The summed E-state index contributed by atoms with van der Waals surface area (Å²) in [7, 11) is -1.69. The van der Waals surface area contributed by atoms with Gasteiger partial charge in [-0.1, -0.05) is 71.2 Å². The molecule has 0 amide bonds. The molecular formula is C22H30OSi. The van der Waals surface area contributed by atoms with Gasteiger partial charge in [0.15, 0.2) is 0 Å². The summed E-state index contributed by atoms with van der Waals surface area (Å²) in [5.41, 5.74) is 9.04. The Hall–Kier alpha value is -1.72.